The highest BCUT2D eigenvalue weighted by molar-refractivity contribution is 6.51. The molecule has 1 aliphatic rings. The maximum absolute atomic E-state index is 14.8. The second-order valence-corrected chi connectivity index (χ2v) is 9.75. The molecule has 1 atom stereocenters. The predicted molar refractivity (Wildman–Crippen MR) is 136 cm³/mol. The van der Waals surface area contributed by atoms with Crippen molar-refractivity contribution in [2.45, 2.75) is 39.2 Å². The summed E-state index contributed by atoms with van der Waals surface area (Å²) < 4.78 is 34.2. The van der Waals surface area contributed by atoms with Crippen LogP contribution < -0.4 is 9.64 Å². The van der Waals surface area contributed by atoms with Gasteiger partial charge in [0.15, 0.2) is 0 Å². The molecule has 3 aromatic carbocycles. The van der Waals surface area contributed by atoms with Crippen molar-refractivity contribution in [1.82, 2.24) is 0 Å². The molecule has 1 saturated heterocycles. The van der Waals surface area contributed by atoms with Gasteiger partial charge in [-0.25, -0.2) is 8.78 Å². The zero-order valence-corrected chi connectivity index (χ0v) is 20.9. The van der Waals surface area contributed by atoms with Crippen LogP contribution in [0.5, 0.6) is 11.5 Å². The van der Waals surface area contributed by atoms with Gasteiger partial charge in [0, 0.05) is 17.2 Å². The Bertz CT molecular complexity index is 1410. The molecular formula is C29H27F2NO5. The van der Waals surface area contributed by atoms with Gasteiger partial charge >= 0.3 is 0 Å². The Morgan fingerprint density at radius 2 is 1.68 bits per heavy atom. The number of nitrogens with zero attached hydrogens (tertiary/aromatic N) is 1. The highest BCUT2D eigenvalue weighted by atomic mass is 19.1. The molecule has 3 aromatic rings. The number of hydrogen-bond acceptors (Lipinski definition) is 5. The number of anilines is 1. The highest BCUT2D eigenvalue weighted by Crippen LogP contribution is 2.44. The van der Waals surface area contributed by atoms with E-state index in [1.165, 1.54) is 24.3 Å². The third-order valence-corrected chi connectivity index (χ3v) is 6.18. The van der Waals surface area contributed by atoms with Crippen LogP contribution in [0, 0.1) is 11.6 Å². The summed E-state index contributed by atoms with van der Waals surface area (Å²) in [5.74, 6) is -3.87. The van der Waals surface area contributed by atoms with Crippen LogP contribution in [0.15, 0.2) is 66.2 Å². The molecule has 2 N–H and O–H groups in total. The van der Waals surface area contributed by atoms with E-state index in [4.69, 9.17) is 4.74 Å². The number of aromatic hydroxyl groups is 1. The van der Waals surface area contributed by atoms with Gasteiger partial charge in [-0.1, -0.05) is 32.9 Å². The Morgan fingerprint density at radius 3 is 2.27 bits per heavy atom. The Morgan fingerprint density at radius 1 is 1.00 bits per heavy atom. The van der Waals surface area contributed by atoms with Crippen molar-refractivity contribution in [2.24, 2.45) is 0 Å². The van der Waals surface area contributed by atoms with Gasteiger partial charge in [-0.3, -0.25) is 14.5 Å². The zero-order chi connectivity index (χ0) is 27.1. The van der Waals surface area contributed by atoms with Crippen LogP contribution in [0.2, 0.25) is 0 Å². The minimum atomic E-state index is -1.23. The number of rotatable bonds is 5. The fourth-order valence-electron chi connectivity index (χ4n) is 4.43. The average molecular weight is 508 g/mol. The topological polar surface area (TPSA) is 87.1 Å². The number of phenolic OH excluding ortho intramolecular Hbond substituents is 1. The van der Waals surface area contributed by atoms with Gasteiger partial charge in [0.05, 0.1) is 23.9 Å². The van der Waals surface area contributed by atoms with E-state index in [1.54, 1.807) is 18.2 Å². The molecule has 0 saturated carbocycles. The van der Waals surface area contributed by atoms with E-state index < -0.39 is 35.1 Å². The number of Topliss-reactive ketones (excluding diaryl/α,β-unsaturated/α-hetero) is 1. The largest absolute Gasteiger partial charge is 0.508 e. The first kappa shape index (κ1) is 25.9. The predicted octanol–water partition coefficient (Wildman–Crippen LogP) is 5.99. The molecule has 0 radical (unpaired) electrons. The Kier molecular flexibility index (Phi) is 6.78. The van der Waals surface area contributed by atoms with Gasteiger partial charge in [-0.05, 0) is 60.4 Å². The van der Waals surface area contributed by atoms with Crippen molar-refractivity contribution < 1.29 is 33.3 Å². The van der Waals surface area contributed by atoms with Gasteiger partial charge in [0.25, 0.3) is 11.7 Å². The number of ether oxygens (including phenoxy) is 1. The van der Waals surface area contributed by atoms with Crippen molar-refractivity contribution in [3.8, 4) is 11.5 Å². The van der Waals surface area contributed by atoms with Gasteiger partial charge in [-0.2, -0.15) is 0 Å². The van der Waals surface area contributed by atoms with E-state index in [9.17, 15) is 28.6 Å². The van der Waals surface area contributed by atoms with E-state index in [0.29, 0.717) is 24.0 Å². The lowest BCUT2D eigenvalue weighted by atomic mass is 9.84. The fourth-order valence-corrected chi connectivity index (χ4v) is 4.43. The third-order valence-electron chi connectivity index (χ3n) is 6.18. The van der Waals surface area contributed by atoms with Crippen LogP contribution in [-0.4, -0.2) is 28.5 Å². The monoisotopic (exact) mass is 507 g/mol. The van der Waals surface area contributed by atoms with Crippen LogP contribution in [-0.2, 0) is 15.0 Å². The fraction of sp³-hybridized carbons (Fsp3) is 0.241. The lowest BCUT2D eigenvalue weighted by Gasteiger charge is -2.26. The lowest BCUT2D eigenvalue weighted by molar-refractivity contribution is -0.132. The van der Waals surface area contributed by atoms with Crippen LogP contribution in [0.1, 0.15) is 50.4 Å². The summed E-state index contributed by atoms with van der Waals surface area (Å²) in [5, 5.41) is 21.2. The Hall–Kier alpha value is -4.20. The number of halogens is 2. The van der Waals surface area contributed by atoms with Gasteiger partial charge < -0.3 is 14.9 Å². The molecule has 1 heterocycles. The first-order chi connectivity index (χ1) is 17.4. The first-order valence-electron chi connectivity index (χ1n) is 11.8. The van der Waals surface area contributed by atoms with Gasteiger partial charge in [0.2, 0.25) is 0 Å². The van der Waals surface area contributed by atoms with Crippen molar-refractivity contribution in [3.05, 3.63) is 94.6 Å². The van der Waals surface area contributed by atoms with Crippen LogP contribution >= 0.6 is 0 Å². The number of benzene rings is 3. The van der Waals surface area contributed by atoms with Gasteiger partial charge in [0.1, 0.15) is 28.9 Å². The van der Waals surface area contributed by atoms with Crippen molar-refractivity contribution in [2.75, 3.05) is 11.5 Å². The third kappa shape index (κ3) is 4.79. The summed E-state index contributed by atoms with van der Waals surface area (Å²) in [4.78, 5) is 27.4. The van der Waals surface area contributed by atoms with E-state index in [0.717, 1.165) is 22.6 Å². The number of carbonyl (C=O) groups is 2. The number of ketones is 1. The minimum Gasteiger partial charge on any atom is -0.508 e. The van der Waals surface area contributed by atoms with Crippen LogP contribution in [0.3, 0.4) is 0 Å². The first-order valence-corrected chi connectivity index (χ1v) is 11.8. The molecule has 192 valence electrons. The molecule has 37 heavy (non-hydrogen) atoms. The summed E-state index contributed by atoms with van der Waals surface area (Å²) in [7, 11) is 0. The average Bonchev–Trinajstić information content (AvgIpc) is 3.09. The van der Waals surface area contributed by atoms with Crippen molar-refractivity contribution in [1.29, 1.82) is 0 Å². The molecule has 1 unspecified atom stereocenters. The van der Waals surface area contributed by atoms with E-state index in [1.807, 2.05) is 27.7 Å². The van der Waals surface area contributed by atoms with Crippen LogP contribution in [0.25, 0.3) is 5.76 Å². The van der Waals surface area contributed by atoms with E-state index >= 15 is 0 Å². The maximum atomic E-state index is 14.8. The summed E-state index contributed by atoms with van der Waals surface area (Å²) >= 11 is 0. The second-order valence-electron chi connectivity index (χ2n) is 9.75. The number of phenols is 1. The molecule has 1 fully saturated rings. The number of aliphatic hydroxyl groups is 1. The molecule has 8 heteroatoms. The minimum absolute atomic E-state index is 0.0602. The van der Waals surface area contributed by atoms with E-state index in [2.05, 4.69) is 0 Å². The number of amides is 1. The maximum Gasteiger partial charge on any atom is 0.300 e. The number of aliphatic hydroxyl groups excluding tert-OH is 1. The zero-order valence-electron chi connectivity index (χ0n) is 20.9. The summed E-state index contributed by atoms with van der Waals surface area (Å²) in [6.07, 6.45) is 0. The lowest BCUT2D eigenvalue weighted by Crippen LogP contribution is -2.30. The smallest absolute Gasteiger partial charge is 0.300 e. The number of hydrogen-bond donors (Lipinski definition) is 2. The molecule has 6 nitrogen and oxygen atoms in total. The molecule has 0 spiro atoms. The summed E-state index contributed by atoms with van der Waals surface area (Å²) in [6, 6.07) is 12.0. The molecule has 0 aliphatic carbocycles. The summed E-state index contributed by atoms with van der Waals surface area (Å²) in [5.41, 5.74) is 0.434. The Balaban J connectivity index is 1.96. The van der Waals surface area contributed by atoms with Gasteiger partial charge in [-0.15, -0.1) is 0 Å². The van der Waals surface area contributed by atoms with Crippen LogP contribution in [0.4, 0.5) is 14.5 Å². The molecule has 1 amide bonds. The number of carbonyl (C=O) groups excluding carboxylic acids is 2. The SMILES string of the molecule is CCOc1ccc(/C(O)=C2/C(=O)C(=O)N(c3ccc(F)cc3F)C2c2ccc(O)cc2)cc1C(C)(C)C. The quantitative estimate of drug-likeness (QED) is 0.252. The molecular weight excluding hydrogens is 480 g/mol. The van der Waals surface area contributed by atoms with E-state index in [-0.39, 0.29) is 28.0 Å². The van der Waals surface area contributed by atoms with Crippen molar-refractivity contribution in [3.63, 3.8) is 0 Å². The molecule has 0 bridgehead atoms. The molecule has 0 aromatic heterocycles. The van der Waals surface area contributed by atoms with Crippen molar-refractivity contribution >= 4 is 23.1 Å². The standard InChI is InChI=1S/C29H27F2NO5/c1-5-37-23-13-8-17(14-20(23)29(2,3)4)26(34)24-25(16-6-10-19(33)11-7-16)32(28(36)27(24)35)22-12-9-18(30)15-21(22)31/h6-15,25,33-34H,5H2,1-4H3/b26-24-. The normalized spacial score (nSPS) is 17.4. The second kappa shape index (κ2) is 9.69. The molecule has 4 rings (SSSR count). The Labute approximate surface area is 213 Å². The molecule has 1 aliphatic heterocycles. The highest BCUT2D eigenvalue weighted by Gasteiger charge is 2.47. The summed E-state index contributed by atoms with van der Waals surface area (Å²) in [6.45, 7) is 8.21.